The Morgan fingerprint density at radius 1 is 1.19 bits per heavy atom. The van der Waals surface area contributed by atoms with Crippen LogP contribution < -0.4 is 4.90 Å². The van der Waals surface area contributed by atoms with Gasteiger partial charge in [-0.3, -0.25) is 9.69 Å². The molecule has 1 aromatic rings. The molecule has 0 spiro atoms. The zero-order valence-corrected chi connectivity index (χ0v) is 19.5. The average Bonchev–Trinajstić information content (AvgIpc) is 3.03. The fourth-order valence-corrected chi connectivity index (χ4v) is 6.99. The number of benzene rings is 1. The quantitative estimate of drug-likeness (QED) is 0.520. The van der Waals surface area contributed by atoms with Gasteiger partial charge in [-0.1, -0.05) is 31.2 Å². The summed E-state index contributed by atoms with van der Waals surface area (Å²) >= 11 is 0. The van der Waals surface area contributed by atoms with Crippen molar-refractivity contribution in [3.05, 3.63) is 41.5 Å². The summed E-state index contributed by atoms with van der Waals surface area (Å²) in [5, 5.41) is 0. The summed E-state index contributed by atoms with van der Waals surface area (Å²) in [6, 6.07) is 6.59. The molecule has 0 radical (unpaired) electrons. The van der Waals surface area contributed by atoms with Crippen LogP contribution >= 0.6 is 0 Å². The van der Waals surface area contributed by atoms with E-state index in [-0.39, 0.29) is 23.4 Å². The summed E-state index contributed by atoms with van der Waals surface area (Å²) in [6.45, 7) is 16.2. The third-order valence-electron chi connectivity index (χ3n) is 9.06. The zero-order chi connectivity index (χ0) is 21.8. The van der Waals surface area contributed by atoms with Gasteiger partial charge in [0, 0.05) is 44.3 Å². The molecule has 2 aliphatic heterocycles. The summed E-state index contributed by atoms with van der Waals surface area (Å²) in [4.78, 5) is 17.9. The normalized spacial score (nSPS) is 36.2. The number of piperazine rings is 1. The number of hydrogen-bond acceptors (Lipinski definition) is 4. The molecule has 31 heavy (non-hydrogen) atoms. The number of carbonyl (C=O) groups excluding carboxylic acids is 1. The second-order valence-corrected chi connectivity index (χ2v) is 10.9. The Morgan fingerprint density at radius 2 is 1.97 bits per heavy atom. The molecule has 168 valence electrons. The smallest absolute Gasteiger partial charge is 0.310 e. The van der Waals surface area contributed by atoms with Crippen LogP contribution in [-0.2, 0) is 9.53 Å². The second kappa shape index (κ2) is 7.95. The molecule has 1 aromatic carbocycles. The SMILES string of the molecule is C=C1CCC[C@]2(C)C[C@H]3OC(=O)[C@@H](CN4CCN(c5cccc(C)c5C)CC4)[C@@H]3C[C@@H]12. The lowest BCUT2D eigenvalue weighted by molar-refractivity contribution is -0.146. The van der Waals surface area contributed by atoms with Crippen LogP contribution in [0, 0.1) is 37.0 Å². The number of hydrogen-bond donors (Lipinski definition) is 0. The summed E-state index contributed by atoms with van der Waals surface area (Å²) < 4.78 is 5.98. The number of aryl methyl sites for hydroxylation is 1. The van der Waals surface area contributed by atoms with E-state index in [1.807, 2.05) is 0 Å². The number of esters is 1. The van der Waals surface area contributed by atoms with Gasteiger partial charge in [-0.2, -0.15) is 0 Å². The predicted molar refractivity (Wildman–Crippen MR) is 125 cm³/mol. The van der Waals surface area contributed by atoms with Crippen LogP contribution in [0.4, 0.5) is 5.69 Å². The number of nitrogens with zero attached hydrogens (tertiary/aromatic N) is 2. The molecule has 5 atom stereocenters. The molecule has 5 rings (SSSR count). The minimum absolute atomic E-state index is 0.0385. The fraction of sp³-hybridized carbons (Fsp3) is 0.667. The topological polar surface area (TPSA) is 32.8 Å². The van der Waals surface area contributed by atoms with Gasteiger partial charge in [-0.05, 0) is 74.5 Å². The first-order chi connectivity index (χ1) is 14.9. The molecule has 0 aromatic heterocycles. The standard InChI is InChI=1S/C27H38N2O2/c1-18-7-5-9-24(20(18)3)29-13-11-28(12-14-29)17-22-21-15-23-19(2)8-6-10-27(23,4)16-25(21)31-26(22)30/h5,7,9,21-23,25H,2,6,8,10-17H2,1,3-4H3/t21-,22-,23-,25+,27+/m0/s1. The lowest BCUT2D eigenvalue weighted by Crippen LogP contribution is -2.50. The van der Waals surface area contributed by atoms with Crippen molar-refractivity contribution in [3.8, 4) is 0 Å². The highest BCUT2D eigenvalue weighted by Crippen LogP contribution is 2.56. The molecule has 2 aliphatic carbocycles. The van der Waals surface area contributed by atoms with E-state index in [0.29, 0.717) is 11.8 Å². The highest BCUT2D eigenvalue weighted by molar-refractivity contribution is 5.75. The van der Waals surface area contributed by atoms with Crippen LogP contribution in [-0.4, -0.2) is 49.7 Å². The monoisotopic (exact) mass is 422 g/mol. The lowest BCUT2D eigenvalue weighted by Gasteiger charge is -2.50. The Morgan fingerprint density at radius 3 is 2.74 bits per heavy atom. The molecule has 4 aliphatic rings. The van der Waals surface area contributed by atoms with Crippen LogP contribution in [0.1, 0.15) is 50.2 Å². The van der Waals surface area contributed by atoms with Crippen molar-refractivity contribution in [1.29, 1.82) is 0 Å². The van der Waals surface area contributed by atoms with E-state index in [4.69, 9.17) is 4.74 Å². The minimum Gasteiger partial charge on any atom is -0.462 e. The molecule has 0 bridgehead atoms. The molecule has 2 heterocycles. The number of fused-ring (bicyclic) bond motifs is 2. The fourth-order valence-electron chi connectivity index (χ4n) is 6.99. The number of anilines is 1. The summed E-state index contributed by atoms with van der Waals surface area (Å²) in [5.74, 6) is 1.04. The van der Waals surface area contributed by atoms with Gasteiger partial charge < -0.3 is 9.64 Å². The van der Waals surface area contributed by atoms with Crippen LogP contribution in [0.5, 0.6) is 0 Å². The van der Waals surface area contributed by atoms with Crippen LogP contribution in [0.2, 0.25) is 0 Å². The van der Waals surface area contributed by atoms with Crippen molar-refractivity contribution in [3.63, 3.8) is 0 Å². The van der Waals surface area contributed by atoms with Crippen LogP contribution in [0.15, 0.2) is 30.4 Å². The molecule has 0 N–H and O–H groups in total. The van der Waals surface area contributed by atoms with E-state index in [1.165, 1.54) is 35.2 Å². The Kier molecular flexibility index (Phi) is 5.40. The first-order valence-electron chi connectivity index (χ1n) is 12.3. The lowest BCUT2D eigenvalue weighted by atomic mass is 9.55. The molecular formula is C27H38N2O2. The van der Waals surface area contributed by atoms with E-state index < -0.39 is 0 Å². The van der Waals surface area contributed by atoms with Gasteiger partial charge in [0.15, 0.2) is 0 Å². The first-order valence-corrected chi connectivity index (χ1v) is 12.3. The van der Waals surface area contributed by atoms with Gasteiger partial charge in [-0.25, -0.2) is 0 Å². The van der Waals surface area contributed by atoms with Crippen molar-refractivity contribution in [2.75, 3.05) is 37.6 Å². The number of carbonyl (C=O) groups is 1. The van der Waals surface area contributed by atoms with E-state index in [1.54, 1.807) is 0 Å². The van der Waals surface area contributed by atoms with Gasteiger partial charge >= 0.3 is 5.97 Å². The maximum atomic E-state index is 12.9. The molecule has 2 saturated carbocycles. The van der Waals surface area contributed by atoms with Crippen molar-refractivity contribution >= 4 is 11.7 Å². The second-order valence-electron chi connectivity index (χ2n) is 10.9. The molecule has 2 saturated heterocycles. The zero-order valence-electron chi connectivity index (χ0n) is 19.5. The molecular weight excluding hydrogens is 384 g/mol. The van der Waals surface area contributed by atoms with Crippen LogP contribution in [0.25, 0.3) is 0 Å². The minimum atomic E-state index is 0.0385. The highest BCUT2D eigenvalue weighted by atomic mass is 16.6. The third kappa shape index (κ3) is 3.71. The van der Waals surface area contributed by atoms with Crippen molar-refractivity contribution < 1.29 is 9.53 Å². The molecule has 4 nitrogen and oxygen atoms in total. The number of rotatable bonds is 3. The van der Waals surface area contributed by atoms with Gasteiger partial charge in [0.1, 0.15) is 6.10 Å². The van der Waals surface area contributed by atoms with E-state index >= 15 is 0 Å². The van der Waals surface area contributed by atoms with E-state index in [0.717, 1.165) is 52.0 Å². The summed E-state index contributed by atoms with van der Waals surface area (Å²) in [5.41, 5.74) is 5.81. The van der Waals surface area contributed by atoms with Crippen molar-refractivity contribution in [2.45, 2.75) is 59.0 Å². The molecule has 4 fully saturated rings. The van der Waals surface area contributed by atoms with Crippen molar-refractivity contribution in [2.24, 2.45) is 23.2 Å². The Hall–Kier alpha value is -1.81. The van der Waals surface area contributed by atoms with Crippen molar-refractivity contribution in [1.82, 2.24) is 4.90 Å². The average molecular weight is 423 g/mol. The Balaban J connectivity index is 1.23. The molecule has 0 unspecified atom stereocenters. The summed E-state index contributed by atoms with van der Waals surface area (Å²) in [7, 11) is 0. The van der Waals surface area contributed by atoms with Gasteiger partial charge in [0.2, 0.25) is 0 Å². The highest BCUT2D eigenvalue weighted by Gasteiger charge is 2.55. The number of ether oxygens (including phenoxy) is 1. The largest absolute Gasteiger partial charge is 0.462 e. The Bertz CT molecular complexity index is 872. The van der Waals surface area contributed by atoms with Gasteiger partial charge in [-0.15, -0.1) is 0 Å². The maximum absolute atomic E-state index is 12.9. The predicted octanol–water partition coefficient (Wildman–Crippen LogP) is 4.74. The number of allylic oxidation sites excluding steroid dienone is 1. The summed E-state index contributed by atoms with van der Waals surface area (Å²) in [6.07, 6.45) is 5.91. The van der Waals surface area contributed by atoms with E-state index in [2.05, 4.69) is 55.3 Å². The maximum Gasteiger partial charge on any atom is 0.310 e. The van der Waals surface area contributed by atoms with Gasteiger partial charge in [0.25, 0.3) is 0 Å². The molecule has 4 heteroatoms. The Labute approximate surface area is 187 Å². The van der Waals surface area contributed by atoms with E-state index in [9.17, 15) is 4.79 Å². The van der Waals surface area contributed by atoms with Gasteiger partial charge in [0.05, 0.1) is 5.92 Å². The first kappa shape index (κ1) is 21.1. The third-order valence-corrected chi connectivity index (χ3v) is 9.06. The van der Waals surface area contributed by atoms with Crippen LogP contribution in [0.3, 0.4) is 0 Å². The molecule has 0 amide bonds.